The molecule has 0 aromatic heterocycles. The van der Waals surface area contributed by atoms with Crippen molar-refractivity contribution in [1.29, 1.82) is 0 Å². The van der Waals surface area contributed by atoms with Gasteiger partial charge < -0.3 is 4.74 Å². The van der Waals surface area contributed by atoms with Crippen LogP contribution in [0, 0.1) is 11.8 Å². The zero-order valence-electron chi connectivity index (χ0n) is 8.21. The van der Waals surface area contributed by atoms with Crippen molar-refractivity contribution in [2.45, 2.75) is 33.1 Å². The van der Waals surface area contributed by atoms with E-state index in [4.69, 9.17) is 0 Å². The molecular weight excluding hydrogens is 168 g/mol. The number of carbonyl (C=O) groups excluding carboxylic acids is 2. The zero-order valence-corrected chi connectivity index (χ0v) is 8.21. The largest absolute Gasteiger partial charge is 0.465 e. The van der Waals surface area contributed by atoms with Crippen LogP contribution in [-0.2, 0) is 14.3 Å². The van der Waals surface area contributed by atoms with Crippen LogP contribution < -0.4 is 0 Å². The summed E-state index contributed by atoms with van der Waals surface area (Å²) in [4.78, 5) is 20.3. The van der Waals surface area contributed by atoms with E-state index in [-0.39, 0.29) is 5.97 Å². The van der Waals surface area contributed by atoms with E-state index in [0.717, 1.165) is 12.8 Å². The van der Waals surface area contributed by atoms with Crippen molar-refractivity contribution in [3.63, 3.8) is 0 Å². The SMILES string of the molecule is CC1CC(=O)C1.CC1COC(=O)C1. The van der Waals surface area contributed by atoms with Crippen LogP contribution in [0.5, 0.6) is 0 Å². The van der Waals surface area contributed by atoms with Gasteiger partial charge in [0.1, 0.15) is 5.78 Å². The molecular formula is C10H16O3. The van der Waals surface area contributed by atoms with Crippen LogP contribution in [0.2, 0.25) is 0 Å². The van der Waals surface area contributed by atoms with Crippen LogP contribution in [-0.4, -0.2) is 18.4 Å². The van der Waals surface area contributed by atoms with E-state index in [2.05, 4.69) is 11.7 Å². The molecule has 0 bridgehead atoms. The molecule has 3 heteroatoms. The number of ether oxygens (including phenoxy) is 1. The monoisotopic (exact) mass is 184 g/mol. The van der Waals surface area contributed by atoms with Gasteiger partial charge in [-0.25, -0.2) is 0 Å². The lowest BCUT2D eigenvalue weighted by molar-refractivity contribution is -0.138. The predicted molar refractivity (Wildman–Crippen MR) is 48.1 cm³/mol. The van der Waals surface area contributed by atoms with Crippen LogP contribution in [0.15, 0.2) is 0 Å². The Morgan fingerprint density at radius 2 is 1.69 bits per heavy atom. The van der Waals surface area contributed by atoms with Crippen LogP contribution in [0.1, 0.15) is 33.1 Å². The van der Waals surface area contributed by atoms with Crippen LogP contribution >= 0.6 is 0 Å². The van der Waals surface area contributed by atoms with Crippen molar-refractivity contribution in [3.8, 4) is 0 Å². The average Bonchev–Trinajstić information content (AvgIpc) is 2.33. The highest BCUT2D eigenvalue weighted by atomic mass is 16.5. The number of ketones is 1. The second kappa shape index (κ2) is 4.40. The standard InChI is InChI=1S/C5H8O2.C5H8O/c1-4-2-5(6)7-3-4;1-4-2-5(6)3-4/h4H,2-3H2,1H3;4H,2-3H2,1H3. The number of esters is 1. The Labute approximate surface area is 78.5 Å². The predicted octanol–water partition coefficient (Wildman–Crippen LogP) is 1.55. The normalized spacial score (nSPS) is 27.4. The van der Waals surface area contributed by atoms with E-state index in [0.29, 0.717) is 30.6 Å². The molecule has 1 heterocycles. The topological polar surface area (TPSA) is 43.4 Å². The number of cyclic esters (lactones) is 1. The van der Waals surface area contributed by atoms with E-state index in [1.165, 1.54) is 0 Å². The molecule has 13 heavy (non-hydrogen) atoms. The van der Waals surface area contributed by atoms with Gasteiger partial charge in [-0.3, -0.25) is 9.59 Å². The van der Waals surface area contributed by atoms with Crippen LogP contribution in [0.25, 0.3) is 0 Å². The molecule has 0 aromatic carbocycles. The van der Waals surface area contributed by atoms with Gasteiger partial charge in [0, 0.05) is 18.8 Å². The van der Waals surface area contributed by atoms with Gasteiger partial charge >= 0.3 is 5.97 Å². The van der Waals surface area contributed by atoms with Gasteiger partial charge in [-0.15, -0.1) is 0 Å². The molecule has 1 atom stereocenters. The van der Waals surface area contributed by atoms with Crippen molar-refractivity contribution in [1.82, 2.24) is 0 Å². The highest BCUT2D eigenvalue weighted by Crippen LogP contribution is 2.20. The number of hydrogen-bond acceptors (Lipinski definition) is 3. The summed E-state index contributed by atoms with van der Waals surface area (Å²) < 4.78 is 4.63. The van der Waals surface area contributed by atoms with Gasteiger partial charge in [0.15, 0.2) is 0 Å². The lowest BCUT2D eigenvalue weighted by Crippen LogP contribution is -2.19. The Bertz CT molecular complexity index is 202. The van der Waals surface area contributed by atoms with Gasteiger partial charge in [-0.2, -0.15) is 0 Å². The molecule has 3 nitrogen and oxygen atoms in total. The van der Waals surface area contributed by atoms with E-state index in [1.807, 2.05) is 6.92 Å². The molecule has 0 aromatic rings. The number of Topliss-reactive ketones (excluding diaryl/α,β-unsaturated/α-hetero) is 1. The van der Waals surface area contributed by atoms with Crippen molar-refractivity contribution in [3.05, 3.63) is 0 Å². The highest BCUT2D eigenvalue weighted by Gasteiger charge is 2.20. The summed E-state index contributed by atoms with van der Waals surface area (Å²) in [7, 11) is 0. The molecule has 1 saturated carbocycles. The lowest BCUT2D eigenvalue weighted by Gasteiger charge is -2.17. The first-order valence-corrected chi connectivity index (χ1v) is 4.75. The second-order valence-corrected chi connectivity index (χ2v) is 4.04. The summed E-state index contributed by atoms with van der Waals surface area (Å²) in [6, 6.07) is 0. The molecule has 74 valence electrons. The Hall–Kier alpha value is -0.860. The first kappa shape index (κ1) is 10.2. The van der Waals surface area contributed by atoms with Crippen molar-refractivity contribution >= 4 is 11.8 Å². The van der Waals surface area contributed by atoms with Gasteiger partial charge in [0.05, 0.1) is 13.0 Å². The maximum Gasteiger partial charge on any atom is 0.306 e. The Balaban J connectivity index is 0.000000132. The number of hydrogen-bond donors (Lipinski definition) is 0. The minimum absolute atomic E-state index is 0.0486. The fourth-order valence-electron chi connectivity index (χ4n) is 1.36. The molecule has 0 radical (unpaired) electrons. The second-order valence-electron chi connectivity index (χ2n) is 4.04. The lowest BCUT2D eigenvalue weighted by atomic mass is 9.86. The summed E-state index contributed by atoms with van der Waals surface area (Å²) in [6.07, 6.45) is 2.28. The molecule has 0 amide bonds. The third kappa shape index (κ3) is 3.57. The fraction of sp³-hybridized carbons (Fsp3) is 0.800. The molecule has 1 aliphatic heterocycles. The third-order valence-corrected chi connectivity index (χ3v) is 2.20. The molecule has 0 spiro atoms. The summed E-state index contributed by atoms with van der Waals surface area (Å²) in [5.74, 6) is 1.53. The molecule has 1 aliphatic carbocycles. The minimum atomic E-state index is -0.0486. The minimum Gasteiger partial charge on any atom is -0.465 e. The van der Waals surface area contributed by atoms with Gasteiger partial charge in [0.2, 0.25) is 0 Å². The molecule has 1 saturated heterocycles. The summed E-state index contributed by atoms with van der Waals surface area (Å²) >= 11 is 0. The maximum absolute atomic E-state index is 10.2. The van der Waals surface area contributed by atoms with Crippen molar-refractivity contribution in [2.24, 2.45) is 11.8 Å². The molecule has 2 aliphatic rings. The van der Waals surface area contributed by atoms with E-state index >= 15 is 0 Å². The van der Waals surface area contributed by atoms with E-state index < -0.39 is 0 Å². The Morgan fingerprint density at radius 1 is 1.08 bits per heavy atom. The third-order valence-electron chi connectivity index (χ3n) is 2.20. The average molecular weight is 184 g/mol. The van der Waals surface area contributed by atoms with Crippen molar-refractivity contribution in [2.75, 3.05) is 6.61 Å². The zero-order chi connectivity index (χ0) is 9.84. The Kier molecular flexibility index (Phi) is 3.46. The number of carbonyl (C=O) groups is 2. The quantitative estimate of drug-likeness (QED) is 0.536. The molecule has 0 N–H and O–H groups in total. The van der Waals surface area contributed by atoms with Gasteiger partial charge in [-0.05, 0) is 5.92 Å². The molecule has 2 fully saturated rings. The van der Waals surface area contributed by atoms with Gasteiger partial charge in [0.25, 0.3) is 0 Å². The van der Waals surface area contributed by atoms with Crippen LogP contribution in [0.4, 0.5) is 0 Å². The van der Waals surface area contributed by atoms with Crippen molar-refractivity contribution < 1.29 is 14.3 Å². The van der Waals surface area contributed by atoms with Crippen LogP contribution in [0.3, 0.4) is 0 Å². The summed E-state index contributed by atoms with van der Waals surface area (Å²) in [5, 5.41) is 0. The first-order valence-electron chi connectivity index (χ1n) is 4.75. The van der Waals surface area contributed by atoms with E-state index in [1.54, 1.807) is 0 Å². The highest BCUT2D eigenvalue weighted by molar-refractivity contribution is 5.84. The summed E-state index contributed by atoms with van der Waals surface area (Å²) in [5.41, 5.74) is 0. The maximum atomic E-state index is 10.2. The van der Waals surface area contributed by atoms with Gasteiger partial charge in [-0.1, -0.05) is 13.8 Å². The van der Waals surface area contributed by atoms with E-state index in [9.17, 15) is 9.59 Å². The first-order chi connectivity index (χ1) is 6.08. The Morgan fingerprint density at radius 3 is 1.77 bits per heavy atom. The smallest absolute Gasteiger partial charge is 0.306 e. The molecule has 1 unspecified atom stereocenters. The fourth-order valence-corrected chi connectivity index (χ4v) is 1.36. The summed E-state index contributed by atoms with van der Waals surface area (Å²) in [6.45, 7) is 4.73. The molecule has 2 rings (SSSR count). The number of rotatable bonds is 0.